The molecule has 0 spiro atoms. The zero-order chi connectivity index (χ0) is 27.0. The van der Waals surface area contributed by atoms with Crippen molar-refractivity contribution in [3.63, 3.8) is 0 Å². The lowest BCUT2D eigenvalue weighted by Gasteiger charge is -2.41. The van der Waals surface area contributed by atoms with E-state index in [0.29, 0.717) is 28.7 Å². The molecule has 2 aliphatic rings. The van der Waals surface area contributed by atoms with Gasteiger partial charge < -0.3 is 19.1 Å². The van der Waals surface area contributed by atoms with Gasteiger partial charge >= 0.3 is 0 Å². The highest BCUT2D eigenvalue weighted by atomic mass is 19.1. The highest BCUT2D eigenvalue weighted by Gasteiger charge is 2.34. The van der Waals surface area contributed by atoms with Crippen LogP contribution in [0.25, 0.3) is 11.0 Å². The second kappa shape index (κ2) is 10.3. The number of anilines is 2. The second-order valence-electron chi connectivity index (χ2n) is 10.4. The molecule has 0 amide bonds. The maximum absolute atomic E-state index is 14.1. The van der Waals surface area contributed by atoms with E-state index in [9.17, 15) is 19.7 Å². The number of aromatic nitrogens is 2. The molecule has 0 atom stereocenters. The van der Waals surface area contributed by atoms with E-state index in [1.165, 1.54) is 30.6 Å². The molecule has 2 aliphatic carbocycles. The molecule has 8 nitrogen and oxygen atoms in total. The van der Waals surface area contributed by atoms with Crippen LogP contribution in [-0.2, 0) is 7.05 Å². The Morgan fingerprint density at radius 1 is 1.08 bits per heavy atom. The molecule has 1 aromatic carbocycles. The molecule has 0 unspecified atom stereocenters. The standard InChI is InChI=1S/C29H31FN6O2/c1-34(28-23(16-32)29(37)35(2)25-13-6-19(15-31)33-27(25)28)20-7-9-21(10-8-20)36(17-18-4-5-18)22-11-12-24(30)26(14-22)38-3/h6,11-14,18,20-21H,4-5,7-10,17H2,1-3H3/t20-,21+. The molecular formula is C29H31FN6O2. The first-order valence-corrected chi connectivity index (χ1v) is 13.0. The van der Waals surface area contributed by atoms with Crippen molar-refractivity contribution in [1.82, 2.24) is 9.55 Å². The first-order valence-electron chi connectivity index (χ1n) is 13.0. The van der Waals surface area contributed by atoms with Crippen LogP contribution in [0, 0.1) is 34.4 Å². The Balaban J connectivity index is 1.43. The summed E-state index contributed by atoms with van der Waals surface area (Å²) in [5, 5.41) is 19.3. The third-order valence-electron chi connectivity index (χ3n) is 8.07. The number of benzene rings is 1. The van der Waals surface area contributed by atoms with Gasteiger partial charge in [-0.3, -0.25) is 4.79 Å². The first kappa shape index (κ1) is 25.5. The highest BCUT2D eigenvalue weighted by molar-refractivity contribution is 5.92. The molecule has 2 saturated carbocycles. The predicted octanol–water partition coefficient (Wildman–Crippen LogP) is 4.49. The van der Waals surface area contributed by atoms with Gasteiger partial charge in [0.25, 0.3) is 5.56 Å². The Hall–Kier alpha value is -4.11. The molecule has 196 valence electrons. The summed E-state index contributed by atoms with van der Waals surface area (Å²) in [7, 11) is 5.01. The molecule has 3 aromatic rings. The van der Waals surface area contributed by atoms with Crippen molar-refractivity contribution in [2.75, 3.05) is 30.5 Å². The first-order chi connectivity index (χ1) is 18.4. The Labute approximate surface area is 221 Å². The van der Waals surface area contributed by atoms with E-state index in [-0.39, 0.29) is 34.4 Å². The Morgan fingerprint density at radius 2 is 1.79 bits per heavy atom. The Bertz CT molecular complexity index is 1510. The minimum atomic E-state index is -0.372. The van der Waals surface area contributed by atoms with Gasteiger partial charge in [0.2, 0.25) is 0 Å². The van der Waals surface area contributed by atoms with E-state index < -0.39 is 0 Å². The molecule has 9 heteroatoms. The molecule has 0 N–H and O–H groups in total. The van der Waals surface area contributed by atoms with Crippen molar-refractivity contribution < 1.29 is 9.13 Å². The topological polar surface area (TPSA) is 98.2 Å². The smallest absolute Gasteiger partial charge is 0.270 e. The third kappa shape index (κ3) is 4.65. The third-order valence-corrected chi connectivity index (χ3v) is 8.07. The lowest BCUT2D eigenvalue weighted by molar-refractivity contribution is 0.363. The van der Waals surface area contributed by atoms with Crippen LogP contribution >= 0.6 is 0 Å². The number of fused-ring (bicyclic) bond motifs is 1. The number of aryl methyl sites for hydroxylation is 1. The minimum Gasteiger partial charge on any atom is -0.494 e. The van der Waals surface area contributed by atoms with Gasteiger partial charge in [-0.25, -0.2) is 9.37 Å². The molecule has 38 heavy (non-hydrogen) atoms. The van der Waals surface area contributed by atoms with Gasteiger partial charge in [0.15, 0.2) is 11.6 Å². The van der Waals surface area contributed by atoms with E-state index in [4.69, 9.17) is 4.74 Å². The molecule has 2 aromatic heterocycles. The SMILES string of the molecule is COc1cc(N(CC2CC2)[C@H]2CC[C@@H](N(C)c3c(C#N)c(=O)n(C)c4ccc(C#N)nc34)CC2)ccc1F. The largest absolute Gasteiger partial charge is 0.494 e. The van der Waals surface area contributed by atoms with Gasteiger partial charge in [0.1, 0.15) is 28.9 Å². The van der Waals surface area contributed by atoms with Crippen LogP contribution in [0.1, 0.15) is 49.8 Å². The number of hydrogen-bond acceptors (Lipinski definition) is 7. The van der Waals surface area contributed by atoms with Crippen molar-refractivity contribution in [3.05, 3.63) is 57.8 Å². The molecule has 0 aliphatic heterocycles. The monoisotopic (exact) mass is 514 g/mol. The molecule has 2 fully saturated rings. The van der Waals surface area contributed by atoms with Crippen LogP contribution in [-0.4, -0.2) is 42.3 Å². The number of hydrogen-bond donors (Lipinski definition) is 0. The second-order valence-corrected chi connectivity index (χ2v) is 10.4. The average molecular weight is 515 g/mol. The lowest BCUT2D eigenvalue weighted by atomic mass is 9.88. The van der Waals surface area contributed by atoms with E-state index in [2.05, 4.69) is 22.0 Å². The fourth-order valence-electron chi connectivity index (χ4n) is 5.71. The maximum Gasteiger partial charge on any atom is 0.270 e. The number of rotatable bonds is 7. The van der Waals surface area contributed by atoms with E-state index >= 15 is 0 Å². The van der Waals surface area contributed by atoms with Crippen LogP contribution in [0.2, 0.25) is 0 Å². The van der Waals surface area contributed by atoms with Gasteiger partial charge in [-0.05, 0) is 68.7 Å². The highest BCUT2D eigenvalue weighted by Crippen LogP contribution is 2.38. The van der Waals surface area contributed by atoms with Gasteiger partial charge in [-0.1, -0.05) is 0 Å². The quantitative estimate of drug-likeness (QED) is 0.458. The summed E-state index contributed by atoms with van der Waals surface area (Å²) >= 11 is 0. The van der Waals surface area contributed by atoms with Gasteiger partial charge in [-0.2, -0.15) is 10.5 Å². The van der Waals surface area contributed by atoms with Crippen molar-refractivity contribution in [1.29, 1.82) is 10.5 Å². The van der Waals surface area contributed by atoms with E-state index in [0.717, 1.165) is 37.9 Å². The summed E-state index contributed by atoms with van der Waals surface area (Å²) in [6.45, 7) is 0.943. The number of ether oxygens (including phenoxy) is 1. The molecule has 2 heterocycles. The van der Waals surface area contributed by atoms with Gasteiger partial charge in [0.05, 0.1) is 18.3 Å². The molecule has 0 saturated heterocycles. The molecule has 0 radical (unpaired) electrons. The van der Waals surface area contributed by atoms with Gasteiger partial charge in [0, 0.05) is 44.5 Å². The molecular weight excluding hydrogens is 483 g/mol. The number of pyridine rings is 2. The summed E-state index contributed by atoms with van der Waals surface area (Å²) in [4.78, 5) is 22.0. The van der Waals surface area contributed by atoms with Crippen molar-refractivity contribution >= 4 is 22.4 Å². The van der Waals surface area contributed by atoms with E-state index in [1.54, 1.807) is 25.2 Å². The summed E-state index contributed by atoms with van der Waals surface area (Å²) in [6.07, 6.45) is 6.00. The van der Waals surface area contributed by atoms with Crippen LogP contribution in [0.3, 0.4) is 0 Å². The fraction of sp³-hybridized carbons (Fsp3) is 0.448. The van der Waals surface area contributed by atoms with Crippen LogP contribution in [0.15, 0.2) is 35.1 Å². The zero-order valence-electron chi connectivity index (χ0n) is 21.9. The fourth-order valence-corrected chi connectivity index (χ4v) is 5.71. The molecule has 5 rings (SSSR count). The van der Waals surface area contributed by atoms with Gasteiger partial charge in [-0.15, -0.1) is 0 Å². The number of nitrogens with zero attached hydrogens (tertiary/aromatic N) is 6. The van der Waals surface area contributed by atoms with Crippen molar-refractivity contribution in [2.24, 2.45) is 13.0 Å². The lowest BCUT2D eigenvalue weighted by Crippen LogP contribution is -2.44. The van der Waals surface area contributed by atoms with Crippen molar-refractivity contribution in [2.45, 2.75) is 50.6 Å². The minimum absolute atomic E-state index is 0.0426. The number of methoxy groups -OCH3 is 1. The average Bonchev–Trinajstić information content (AvgIpc) is 3.77. The Morgan fingerprint density at radius 3 is 2.42 bits per heavy atom. The zero-order valence-corrected chi connectivity index (χ0v) is 21.9. The van der Waals surface area contributed by atoms with E-state index in [1.807, 2.05) is 18.0 Å². The summed E-state index contributed by atoms with van der Waals surface area (Å²) < 4.78 is 20.8. The van der Waals surface area contributed by atoms with Crippen LogP contribution < -0.4 is 20.1 Å². The summed E-state index contributed by atoms with van der Waals surface area (Å²) in [5.41, 5.74) is 2.45. The van der Waals surface area contributed by atoms with Crippen LogP contribution in [0.4, 0.5) is 15.8 Å². The summed E-state index contributed by atoms with van der Waals surface area (Å²) in [5.74, 6) is 0.551. The van der Waals surface area contributed by atoms with Crippen LogP contribution in [0.5, 0.6) is 5.75 Å². The molecule has 0 bridgehead atoms. The Kier molecular flexibility index (Phi) is 6.94. The number of halogens is 1. The summed E-state index contributed by atoms with van der Waals surface area (Å²) in [6, 6.07) is 13.0. The number of nitriles is 2. The predicted molar refractivity (Wildman–Crippen MR) is 144 cm³/mol. The van der Waals surface area contributed by atoms with Crippen molar-refractivity contribution in [3.8, 4) is 17.9 Å². The maximum atomic E-state index is 14.1. The normalized spacial score (nSPS) is 19.0.